The minimum absolute atomic E-state index is 0. The molecule has 0 aromatic heterocycles. The summed E-state index contributed by atoms with van der Waals surface area (Å²) in [5.74, 6) is 1.13. The van der Waals surface area contributed by atoms with Crippen LogP contribution >= 0.6 is 50.7 Å². The molecular formula is C29H26BrClFIN6. The maximum atomic E-state index is 9.47. The predicted molar refractivity (Wildman–Crippen MR) is 171 cm³/mol. The van der Waals surface area contributed by atoms with E-state index in [4.69, 9.17) is 28.4 Å². The number of hydrogen-bond acceptors (Lipinski definition) is 5. The molecule has 6 nitrogen and oxygen atoms in total. The SMILES string of the molecule is C.FI.N#Cc1ccc2c(c1)CC(N1CCN(c3ccc(Br)cc3)CC1)=N2.[C-]#[N+]c1ccc2c(c1)CC(Cl)=N2. The molecule has 39 heavy (non-hydrogen) atoms. The summed E-state index contributed by atoms with van der Waals surface area (Å²) in [6, 6.07) is 21.9. The second-order valence-corrected chi connectivity index (χ2v) is 10.1. The zero-order valence-electron chi connectivity index (χ0n) is 20.2. The summed E-state index contributed by atoms with van der Waals surface area (Å²) in [7, 11) is 0. The van der Waals surface area contributed by atoms with E-state index in [9.17, 15) is 2.86 Å². The van der Waals surface area contributed by atoms with Gasteiger partial charge in [-0.2, -0.15) is 8.12 Å². The van der Waals surface area contributed by atoms with Crippen LogP contribution in [0.3, 0.4) is 0 Å². The molecule has 3 aliphatic heterocycles. The van der Waals surface area contributed by atoms with E-state index < -0.39 is 0 Å². The lowest BCUT2D eigenvalue weighted by Gasteiger charge is -2.37. The zero-order chi connectivity index (χ0) is 27.1. The van der Waals surface area contributed by atoms with Crippen LogP contribution in [0.1, 0.15) is 24.1 Å². The van der Waals surface area contributed by atoms with E-state index in [1.54, 1.807) is 6.07 Å². The van der Waals surface area contributed by atoms with Crippen molar-refractivity contribution in [2.45, 2.75) is 20.3 Å². The van der Waals surface area contributed by atoms with Gasteiger partial charge in [-0.05, 0) is 59.7 Å². The van der Waals surface area contributed by atoms with E-state index in [2.05, 4.69) is 65.9 Å². The third-order valence-corrected chi connectivity index (χ3v) is 7.16. The Hall–Kier alpha value is -2.99. The highest BCUT2D eigenvalue weighted by atomic mass is 127. The average molecular weight is 720 g/mol. The number of amidine groups is 1. The smallest absolute Gasteiger partial charge is 0.187 e. The molecule has 3 aliphatic rings. The van der Waals surface area contributed by atoms with Crippen molar-refractivity contribution >= 4 is 84.5 Å². The van der Waals surface area contributed by atoms with E-state index in [1.807, 2.05) is 30.3 Å². The monoisotopic (exact) mass is 718 g/mol. The first-order valence-corrected chi connectivity index (χ1v) is 13.7. The number of nitriles is 1. The minimum atomic E-state index is 0. The van der Waals surface area contributed by atoms with Crippen molar-refractivity contribution < 1.29 is 2.86 Å². The topological polar surface area (TPSA) is 59.4 Å². The largest absolute Gasteiger partial charge is 0.368 e. The number of benzene rings is 3. The molecule has 6 rings (SSSR count). The Bertz CT molecular complexity index is 1450. The Kier molecular flexibility index (Phi) is 11.3. The van der Waals surface area contributed by atoms with Gasteiger partial charge in [-0.15, -0.1) is 0 Å². The first-order chi connectivity index (χ1) is 18.5. The summed E-state index contributed by atoms with van der Waals surface area (Å²) in [6.45, 7) is 10.8. The van der Waals surface area contributed by atoms with Gasteiger partial charge in [-0.25, -0.2) is 14.8 Å². The average Bonchev–Trinajstić information content (AvgIpc) is 3.56. The van der Waals surface area contributed by atoms with Crippen LogP contribution in [-0.2, 0) is 12.8 Å². The van der Waals surface area contributed by atoms with Crippen LogP contribution in [0.2, 0.25) is 0 Å². The van der Waals surface area contributed by atoms with Crippen LogP contribution in [0, 0.1) is 17.9 Å². The lowest BCUT2D eigenvalue weighted by atomic mass is 10.1. The fourth-order valence-electron chi connectivity index (χ4n) is 4.53. The van der Waals surface area contributed by atoms with Crippen LogP contribution in [-0.4, -0.2) is 42.1 Å². The molecule has 0 aliphatic carbocycles. The van der Waals surface area contributed by atoms with Gasteiger partial charge in [0.2, 0.25) is 0 Å². The summed E-state index contributed by atoms with van der Waals surface area (Å²) >= 11 is 9.88. The summed E-state index contributed by atoms with van der Waals surface area (Å²) in [5, 5.41) is 9.64. The predicted octanol–water partition coefficient (Wildman–Crippen LogP) is 8.73. The summed E-state index contributed by atoms with van der Waals surface area (Å²) in [4.78, 5) is 17.0. The molecule has 1 saturated heterocycles. The number of anilines is 1. The summed E-state index contributed by atoms with van der Waals surface area (Å²) in [5.41, 5.74) is 6.76. The quantitative estimate of drug-likeness (QED) is 0.187. The van der Waals surface area contributed by atoms with Crippen LogP contribution in [0.25, 0.3) is 4.85 Å². The fourth-order valence-corrected chi connectivity index (χ4v) is 5.03. The normalized spacial score (nSPS) is 14.5. The van der Waals surface area contributed by atoms with Crippen LogP contribution < -0.4 is 4.90 Å². The third-order valence-electron chi connectivity index (χ3n) is 6.41. The molecule has 3 aromatic rings. The molecule has 10 heteroatoms. The van der Waals surface area contributed by atoms with Gasteiger partial charge in [0, 0.05) is 49.2 Å². The van der Waals surface area contributed by atoms with E-state index in [-0.39, 0.29) is 7.43 Å². The van der Waals surface area contributed by atoms with Crippen molar-refractivity contribution in [3.8, 4) is 6.07 Å². The first-order valence-electron chi connectivity index (χ1n) is 11.8. The van der Waals surface area contributed by atoms with Crippen molar-refractivity contribution in [2.24, 2.45) is 9.98 Å². The van der Waals surface area contributed by atoms with Gasteiger partial charge < -0.3 is 9.80 Å². The highest BCUT2D eigenvalue weighted by Gasteiger charge is 2.24. The molecule has 200 valence electrons. The van der Waals surface area contributed by atoms with Gasteiger partial charge in [0.1, 0.15) is 11.0 Å². The van der Waals surface area contributed by atoms with E-state index in [0.717, 1.165) is 59.8 Å². The molecule has 0 N–H and O–H groups in total. The van der Waals surface area contributed by atoms with E-state index in [0.29, 0.717) is 46.0 Å². The van der Waals surface area contributed by atoms with Crippen LogP contribution in [0.4, 0.5) is 25.6 Å². The van der Waals surface area contributed by atoms with Gasteiger partial charge in [0.15, 0.2) is 28.9 Å². The molecule has 0 bridgehead atoms. The molecule has 1 fully saturated rings. The fraction of sp³-hybridized carbons (Fsp3) is 0.241. The third kappa shape index (κ3) is 7.57. The number of hydrogen-bond donors (Lipinski definition) is 0. The van der Waals surface area contributed by atoms with E-state index >= 15 is 0 Å². The van der Waals surface area contributed by atoms with Crippen LogP contribution in [0.15, 0.2) is 75.1 Å². The Balaban J connectivity index is 0.000000237. The first kappa shape index (κ1) is 30.6. The molecular weight excluding hydrogens is 694 g/mol. The molecule has 0 spiro atoms. The number of rotatable bonds is 1. The highest BCUT2D eigenvalue weighted by molar-refractivity contribution is 14.1. The van der Waals surface area contributed by atoms with Gasteiger partial charge in [-0.3, -0.25) is 0 Å². The molecule has 0 unspecified atom stereocenters. The van der Waals surface area contributed by atoms with Gasteiger partial charge >= 0.3 is 0 Å². The lowest BCUT2D eigenvalue weighted by molar-refractivity contribution is 0.382. The van der Waals surface area contributed by atoms with Gasteiger partial charge in [0.05, 0.1) is 29.6 Å². The number of piperazine rings is 1. The van der Waals surface area contributed by atoms with Gasteiger partial charge in [-0.1, -0.05) is 47.1 Å². The van der Waals surface area contributed by atoms with Crippen molar-refractivity contribution in [1.82, 2.24) is 4.90 Å². The summed E-state index contributed by atoms with van der Waals surface area (Å²) < 4.78 is 10.6. The van der Waals surface area contributed by atoms with Crippen molar-refractivity contribution in [3.05, 3.63) is 93.2 Å². The maximum Gasteiger partial charge on any atom is 0.187 e. The Labute approximate surface area is 256 Å². The van der Waals surface area contributed by atoms with Crippen molar-refractivity contribution in [1.29, 1.82) is 5.26 Å². The Morgan fingerprint density at radius 1 is 0.897 bits per heavy atom. The Morgan fingerprint density at radius 2 is 1.51 bits per heavy atom. The number of nitrogens with zero attached hydrogens (tertiary/aromatic N) is 6. The Morgan fingerprint density at radius 3 is 2.18 bits per heavy atom. The van der Waals surface area contributed by atoms with Crippen molar-refractivity contribution in [2.75, 3.05) is 31.1 Å². The number of halogens is 4. The molecule has 3 heterocycles. The molecule has 0 amide bonds. The van der Waals surface area contributed by atoms with Gasteiger partial charge in [0.25, 0.3) is 0 Å². The molecule has 0 saturated carbocycles. The minimum Gasteiger partial charge on any atom is -0.368 e. The van der Waals surface area contributed by atoms with Crippen molar-refractivity contribution in [3.63, 3.8) is 0 Å². The second-order valence-electron chi connectivity index (χ2n) is 8.70. The number of aliphatic imine (C=N–C) groups is 2. The molecule has 0 atom stereocenters. The maximum absolute atomic E-state index is 9.47. The summed E-state index contributed by atoms with van der Waals surface area (Å²) in [6.07, 6.45) is 1.50. The lowest BCUT2D eigenvalue weighted by Crippen LogP contribution is -2.48. The highest BCUT2D eigenvalue weighted by Crippen LogP contribution is 2.31. The molecule has 3 aromatic carbocycles. The van der Waals surface area contributed by atoms with E-state index in [1.165, 1.54) is 11.3 Å². The number of fused-ring (bicyclic) bond motifs is 2. The second kappa shape index (κ2) is 14.4. The standard InChI is InChI=1S/C19H17BrN4.C9H5ClN2.CH4.FI/c20-16-2-4-17(5-3-16)23-7-9-24(10-8-23)19-12-15-11-14(13-21)1-6-18(15)22-19;1-11-7-2-3-8-6(4-7)5-9(10)12-8;;1-2/h1-6,11H,7-10,12H2;2-4H,5H2;1H4;. The zero-order valence-corrected chi connectivity index (χ0v) is 24.7. The van der Waals surface area contributed by atoms with Crippen LogP contribution in [0.5, 0.6) is 0 Å². The molecule has 0 radical (unpaired) electrons.